The van der Waals surface area contributed by atoms with E-state index < -0.39 is 8.80 Å². The van der Waals surface area contributed by atoms with E-state index in [1.807, 2.05) is 20.8 Å². The van der Waals surface area contributed by atoms with Crippen molar-refractivity contribution >= 4 is 14.9 Å². The molecule has 0 aromatic rings. The van der Waals surface area contributed by atoms with E-state index in [2.05, 4.69) is 5.32 Å². The second-order valence-electron chi connectivity index (χ2n) is 5.76. The van der Waals surface area contributed by atoms with Gasteiger partial charge in [-0.3, -0.25) is 0 Å². The van der Waals surface area contributed by atoms with Gasteiger partial charge in [-0.15, -0.1) is 0 Å². The molecule has 6 nitrogen and oxygen atoms in total. The number of alkyl carbamates (subject to hydrolysis) is 1. The van der Waals surface area contributed by atoms with Crippen molar-refractivity contribution in [3.63, 3.8) is 0 Å². The third-order valence-electron chi connectivity index (χ3n) is 3.95. The van der Waals surface area contributed by atoms with E-state index in [0.29, 0.717) is 44.9 Å². The number of carbonyl (C=O) groups excluding carboxylic acids is 1. The number of hydrogen-bond donors (Lipinski definition) is 1. The SMILES string of the molecule is CCO[Si](CCCNC(=O)OCC1CCCC1)(OCC)OCC. The van der Waals surface area contributed by atoms with Crippen LogP contribution in [0.25, 0.3) is 0 Å². The Morgan fingerprint density at radius 1 is 1.04 bits per heavy atom. The molecular weight excluding hydrogens is 314 g/mol. The van der Waals surface area contributed by atoms with E-state index in [1.165, 1.54) is 25.7 Å². The van der Waals surface area contributed by atoms with Crippen LogP contribution >= 0.6 is 0 Å². The van der Waals surface area contributed by atoms with Crippen molar-refractivity contribution in [2.45, 2.75) is 58.9 Å². The number of nitrogens with one attached hydrogen (secondary N) is 1. The number of ether oxygens (including phenoxy) is 1. The molecule has 136 valence electrons. The highest BCUT2D eigenvalue weighted by Crippen LogP contribution is 2.24. The Bertz CT molecular complexity index is 307. The lowest BCUT2D eigenvalue weighted by atomic mass is 10.1. The van der Waals surface area contributed by atoms with Crippen LogP contribution in [0.2, 0.25) is 6.04 Å². The zero-order valence-corrected chi connectivity index (χ0v) is 15.9. The Balaban J connectivity index is 2.22. The smallest absolute Gasteiger partial charge is 0.449 e. The summed E-state index contributed by atoms with van der Waals surface area (Å²) in [6, 6.07) is 0.700. The van der Waals surface area contributed by atoms with Gasteiger partial charge in [0.2, 0.25) is 0 Å². The lowest BCUT2D eigenvalue weighted by Gasteiger charge is -2.28. The van der Waals surface area contributed by atoms with Crippen LogP contribution in [0.5, 0.6) is 0 Å². The molecule has 23 heavy (non-hydrogen) atoms. The highest BCUT2D eigenvalue weighted by molar-refractivity contribution is 6.60. The summed E-state index contributed by atoms with van der Waals surface area (Å²) < 4.78 is 22.6. The summed E-state index contributed by atoms with van der Waals surface area (Å²) in [5.74, 6) is 0.551. The summed E-state index contributed by atoms with van der Waals surface area (Å²) >= 11 is 0. The van der Waals surface area contributed by atoms with Crippen LogP contribution in [0.4, 0.5) is 4.79 Å². The molecule has 1 aliphatic rings. The maximum absolute atomic E-state index is 11.7. The molecule has 0 aromatic heterocycles. The molecule has 0 spiro atoms. The van der Waals surface area contributed by atoms with E-state index >= 15 is 0 Å². The molecule has 1 amide bonds. The molecule has 0 aromatic carbocycles. The molecule has 0 unspecified atom stereocenters. The summed E-state index contributed by atoms with van der Waals surface area (Å²) in [6.07, 6.45) is 5.30. The van der Waals surface area contributed by atoms with Crippen LogP contribution in [0.1, 0.15) is 52.9 Å². The van der Waals surface area contributed by atoms with Crippen LogP contribution in [-0.2, 0) is 18.0 Å². The summed E-state index contributed by atoms with van der Waals surface area (Å²) in [4.78, 5) is 11.7. The Morgan fingerprint density at radius 2 is 1.61 bits per heavy atom. The zero-order chi connectivity index (χ0) is 17.0. The fourth-order valence-electron chi connectivity index (χ4n) is 2.92. The van der Waals surface area contributed by atoms with Crippen molar-refractivity contribution in [2.75, 3.05) is 33.0 Å². The quantitative estimate of drug-likeness (QED) is 0.433. The summed E-state index contributed by atoms with van der Waals surface area (Å²) in [7, 11) is -2.60. The van der Waals surface area contributed by atoms with Gasteiger partial charge in [0, 0.05) is 32.4 Å². The number of carbonyl (C=O) groups is 1. The Kier molecular flexibility index (Phi) is 10.5. The lowest BCUT2D eigenvalue weighted by molar-refractivity contribution is 0.0706. The van der Waals surface area contributed by atoms with Crippen molar-refractivity contribution in [3.8, 4) is 0 Å². The van der Waals surface area contributed by atoms with Gasteiger partial charge in [-0.05, 0) is 46.0 Å². The molecule has 0 saturated heterocycles. The van der Waals surface area contributed by atoms with E-state index in [9.17, 15) is 4.79 Å². The summed E-state index contributed by atoms with van der Waals surface area (Å²) in [5, 5.41) is 2.80. The first kappa shape index (κ1) is 20.4. The van der Waals surface area contributed by atoms with Crippen LogP contribution < -0.4 is 5.32 Å². The van der Waals surface area contributed by atoms with Crippen molar-refractivity contribution in [3.05, 3.63) is 0 Å². The minimum Gasteiger partial charge on any atom is -0.449 e. The maximum Gasteiger partial charge on any atom is 0.500 e. The second-order valence-corrected chi connectivity index (χ2v) is 8.49. The molecule has 0 bridgehead atoms. The average Bonchev–Trinajstić information content (AvgIpc) is 3.04. The minimum atomic E-state index is -2.60. The second kappa shape index (κ2) is 11.8. The number of rotatable bonds is 12. The van der Waals surface area contributed by atoms with Gasteiger partial charge >= 0.3 is 14.9 Å². The lowest BCUT2D eigenvalue weighted by Crippen LogP contribution is -2.46. The van der Waals surface area contributed by atoms with Gasteiger partial charge in [0.15, 0.2) is 0 Å². The van der Waals surface area contributed by atoms with Crippen LogP contribution in [0, 0.1) is 5.92 Å². The number of hydrogen-bond acceptors (Lipinski definition) is 5. The van der Waals surface area contributed by atoms with Crippen LogP contribution in [0.3, 0.4) is 0 Å². The zero-order valence-electron chi connectivity index (χ0n) is 14.9. The largest absolute Gasteiger partial charge is 0.500 e. The van der Waals surface area contributed by atoms with E-state index in [4.69, 9.17) is 18.0 Å². The van der Waals surface area contributed by atoms with Gasteiger partial charge in [0.1, 0.15) is 0 Å². The summed E-state index contributed by atoms with van der Waals surface area (Å²) in [6.45, 7) is 8.64. The molecular formula is C16H33NO5Si. The molecule has 0 heterocycles. The van der Waals surface area contributed by atoms with Gasteiger partial charge in [-0.1, -0.05) is 12.8 Å². The highest BCUT2D eigenvalue weighted by atomic mass is 28.4. The first-order chi connectivity index (χ1) is 11.2. The number of amides is 1. The van der Waals surface area contributed by atoms with Crippen molar-refractivity contribution < 1.29 is 22.8 Å². The molecule has 0 aliphatic heterocycles. The normalized spacial score (nSPS) is 15.8. The monoisotopic (exact) mass is 347 g/mol. The highest BCUT2D eigenvalue weighted by Gasteiger charge is 2.39. The van der Waals surface area contributed by atoms with Gasteiger partial charge in [0.05, 0.1) is 6.61 Å². The van der Waals surface area contributed by atoms with Gasteiger partial charge in [0.25, 0.3) is 0 Å². The van der Waals surface area contributed by atoms with Crippen LogP contribution in [-0.4, -0.2) is 47.9 Å². The molecule has 1 N–H and O–H groups in total. The molecule has 1 aliphatic carbocycles. The Hall–Kier alpha value is -0.633. The van der Waals surface area contributed by atoms with E-state index in [1.54, 1.807) is 0 Å². The van der Waals surface area contributed by atoms with Crippen molar-refractivity contribution in [1.82, 2.24) is 5.32 Å². The van der Waals surface area contributed by atoms with E-state index in [0.717, 1.165) is 6.42 Å². The standard InChI is InChI=1S/C16H33NO5Si/c1-4-20-23(21-5-2,22-6-3)13-9-12-17-16(18)19-14-15-10-7-8-11-15/h15H,4-14H2,1-3H3,(H,17,18). The topological polar surface area (TPSA) is 66.0 Å². The molecule has 1 saturated carbocycles. The minimum absolute atomic E-state index is 0.326. The maximum atomic E-state index is 11.7. The van der Waals surface area contributed by atoms with Gasteiger partial charge in [-0.25, -0.2) is 4.79 Å². The molecule has 1 fully saturated rings. The fourth-order valence-corrected chi connectivity index (χ4v) is 5.53. The van der Waals surface area contributed by atoms with Crippen molar-refractivity contribution in [1.29, 1.82) is 0 Å². The molecule has 0 radical (unpaired) electrons. The average molecular weight is 348 g/mol. The van der Waals surface area contributed by atoms with Crippen LogP contribution in [0.15, 0.2) is 0 Å². The predicted molar refractivity (Wildman–Crippen MR) is 91.4 cm³/mol. The first-order valence-corrected chi connectivity index (χ1v) is 10.9. The van der Waals surface area contributed by atoms with Crippen molar-refractivity contribution in [2.24, 2.45) is 5.92 Å². The molecule has 7 heteroatoms. The first-order valence-electron chi connectivity index (χ1n) is 8.98. The molecule has 0 atom stereocenters. The van der Waals surface area contributed by atoms with E-state index in [-0.39, 0.29) is 6.09 Å². The Labute approximate surface area is 141 Å². The third-order valence-corrected chi connectivity index (χ3v) is 7.10. The predicted octanol–water partition coefficient (Wildman–Crippen LogP) is 3.34. The van der Waals surface area contributed by atoms with Gasteiger partial charge < -0.3 is 23.3 Å². The Morgan fingerprint density at radius 3 is 2.13 bits per heavy atom. The van der Waals surface area contributed by atoms with Gasteiger partial charge in [-0.2, -0.15) is 0 Å². The summed E-state index contributed by atoms with van der Waals surface area (Å²) in [5.41, 5.74) is 0. The third kappa shape index (κ3) is 8.15. The fraction of sp³-hybridized carbons (Fsp3) is 0.938. The molecule has 1 rings (SSSR count).